The smallest absolute Gasteiger partial charge is 0.265 e. The Morgan fingerprint density at radius 2 is 1.71 bits per heavy atom. The van der Waals surface area contributed by atoms with Crippen molar-refractivity contribution in [2.24, 2.45) is 0 Å². The maximum absolute atomic E-state index is 13.0. The van der Waals surface area contributed by atoms with Crippen LogP contribution in [0.4, 0.5) is 5.69 Å². The van der Waals surface area contributed by atoms with Gasteiger partial charge in [-0.3, -0.25) is 19.2 Å². The molecule has 0 atom stereocenters. The highest BCUT2D eigenvalue weighted by molar-refractivity contribution is 7.93. The van der Waals surface area contributed by atoms with E-state index in [0.717, 1.165) is 16.9 Å². The van der Waals surface area contributed by atoms with Crippen LogP contribution >= 0.6 is 11.3 Å². The SMILES string of the molecule is Cc1ccc(NS(=O)(=O)c2ccsc2C(=O)N2CCN(CC(=O)NC(C)C)CC2)cc1. The molecule has 10 heteroatoms. The first-order valence-electron chi connectivity index (χ1n) is 10.1. The zero-order valence-corrected chi connectivity index (χ0v) is 19.6. The Morgan fingerprint density at radius 3 is 2.32 bits per heavy atom. The number of amides is 2. The van der Waals surface area contributed by atoms with Crippen LogP contribution < -0.4 is 10.0 Å². The van der Waals surface area contributed by atoms with Gasteiger partial charge in [0.2, 0.25) is 5.91 Å². The molecule has 1 aromatic heterocycles. The van der Waals surface area contributed by atoms with E-state index in [-0.39, 0.29) is 27.6 Å². The van der Waals surface area contributed by atoms with Crippen LogP contribution in [0, 0.1) is 6.92 Å². The van der Waals surface area contributed by atoms with Gasteiger partial charge in [0.05, 0.1) is 6.54 Å². The predicted molar refractivity (Wildman–Crippen MR) is 122 cm³/mol. The van der Waals surface area contributed by atoms with Crippen molar-refractivity contribution in [2.75, 3.05) is 37.4 Å². The van der Waals surface area contributed by atoms with Crippen molar-refractivity contribution in [3.63, 3.8) is 0 Å². The largest absolute Gasteiger partial charge is 0.353 e. The number of aryl methyl sites for hydroxylation is 1. The third-order valence-electron chi connectivity index (χ3n) is 4.89. The van der Waals surface area contributed by atoms with E-state index in [1.54, 1.807) is 22.4 Å². The van der Waals surface area contributed by atoms with E-state index >= 15 is 0 Å². The molecule has 1 aromatic carbocycles. The molecule has 1 aliphatic rings. The lowest BCUT2D eigenvalue weighted by molar-refractivity contribution is -0.123. The van der Waals surface area contributed by atoms with Gasteiger partial charge in [0.15, 0.2) is 0 Å². The number of nitrogens with zero attached hydrogens (tertiary/aromatic N) is 2. The van der Waals surface area contributed by atoms with Gasteiger partial charge in [-0.15, -0.1) is 11.3 Å². The highest BCUT2D eigenvalue weighted by Gasteiger charge is 2.29. The fourth-order valence-electron chi connectivity index (χ4n) is 3.32. The number of benzene rings is 1. The topological polar surface area (TPSA) is 98.8 Å². The second-order valence-electron chi connectivity index (χ2n) is 7.88. The van der Waals surface area contributed by atoms with E-state index in [9.17, 15) is 18.0 Å². The first-order valence-corrected chi connectivity index (χ1v) is 12.5. The minimum absolute atomic E-state index is 0.0122. The average molecular weight is 465 g/mol. The standard InChI is InChI=1S/C21H28N4O4S2/c1-15(2)22-19(26)14-24-9-11-25(12-10-24)21(27)20-18(8-13-30-20)31(28,29)23-17-6-4-16(3)5-7-17/h4-8,13,15,23H,9-12,14H2,1-3H3,(H,22,26). The third-order valence-corrected chi connectivity index (χ3v) is 7.35. The van der Waals surface area contributed by atoms with Crippen LogP contribution in [0.1, 0.15) is 29.1 Å². The lowest BCUT2D eigenvalue weighted by atomic mass is 10.2. The summed E-state index contributed by atoms with van der Waals surface area (Å²) in [7, 11) is -3.89. The molecular weight excluding hydrogens is 436 g/mol. The summed E-state index contributed by atoms with van der Waals surface area (Å²) in [6.07, 6.45) is 0. The quantitative estimate of drug-likeness (QED) is 0.654. The molecule has 2 amide bonds. The van der Waals surface area contributed by atoms with Crippen molar-refractivity contribution in [2.45, 2.75) is 31.7 Å². The summed E-state index contributed by atoms with van der Waals surface area (Å²) in [5.41, 5.74) is 1.47. The molecule has 0 spiro atoms. The summed E-state index contributed by atoms with van der Waals surface area (Å²) < 4.78 is 28.3. The van der Waals surface area contributed by atoms with E-state index in [4.69, 9.17) is 0 Å². The van der Waals surface area contributed by atoms with Crippen LogP contribution in [-0.2, 0) is 14.8 Å². The Kier molecular flexibility index (Phi) is 7.34. The average Bonchev–Trinajstić information content (AvgIpc) is 3.20. The number of piperazine rings is 1. The van der Waals surface area contributed by atoms with Crippen LogP contribution in [0.2, 0.25) is 0 Å². The number of thiophene rings is 1. The second kappa shape index (κ2) is 9.80. The van der Waals surface area contributed by atoms with Gasteiger partial charge in [-0.2, -0.15) is 0 Å². The molecule has 1 fully saturated rings. The number of carbonyl (C=O) groups is 2. The molecule has 0 unspecified atom stereocenters. The van der Waals surface area contributed by atoms with Crippen molar-refractivity contribution < 1.29 is 18.0 Å². The molecule has 0 bridgehead atoms. The van der Waals surface area contributed by atoms with Crippen molar-refractivity contribution in [3.05, 3.63) is 46.2 Å². The fraction of sp³-hybridized carbons (Fsp3) is 0.429. The lowest BCUT2D eigenvalue weighted by Gasteiger charge is -2.34. The van der Waals surface area contributed by atoms with E-state index in [2.05, 4.69) is 10.0 Å². The van der Waals surface area contributed by atoms with E-state index in [1.807, 2.05) is 37.8 Å². The number of nitrogens with one attached hydrogen (secondary N) is 2. The van der Waals surface area contributed by atoms with Gasteiger partial charge in [0.25, 0.3) is 15.9 Å². The molecule has 2 heterocycles. The molecule has 3 rings (SSSR count). The Bertz CT molecular complexity index is 1020. The summed E-state index contributed by atoms with van der Waals surface area (Å²) in [5, 5.41) is 4.47. The van der Waals surface area contributed by atoms with Crippen LogP contribution in [0.3, 0.4) is 0 Å². The Labute approximate surface area is 187 Å². The molecule has 0 saturated carbocycles. The number of hydrogen-bond donors (Lipinski definition) is 2. The highest BCUT2D eigenvalue weighted by atomic mass is 32.2. The van der Waals surface area contributed by atoms with Crippen LogP contribution in [0.15, 0.2) is 40.6 Å². The van der Waals surface area contributed by atoms with Crippen molar-refractivity contribution >= 4 is 38.9 Å². The fourth-order valence-corrected chi connectivity index (χ4v) is 5.77. The van der Waals surface area contributed by atoms with Crippen molar-refractivity contribution in [1.29, 1.82) is 0 Å². The number of sulfonamides is 1. The van der Waals surface area contributed by atoms with Crippen molar-refractivity contribution in [3.8, 4) is 0 Å². The zero-order valence-electron chi connectivity index (χ0n) is 17.9. The molecule has 2 N–H and O–H groups in total. The molecule has 0 radical (unpaired) electrons. The van der Waals surface area contributed by atoms with Gasteiger partial charge >= 0.3 is 0 Å². The first-order chi connectivity index (χ1) is 14.7. The van der Waals surface area contributed by atoms with Crippen LogP contribution in [0.5, 0.6) is 0 Å². The third kappa shape index (κ3) is 6.05. The molecule has 31 heavy (non-hydrogen) atoms. The summed E-state index contributed by atoms with van der Waals surface area (Å²) in [6, 6.07) is 8.56. The maximum Gasteiger partial charge on any atom is 0.265 e. The summed E-state index contributed by atoms with van der Waals surface area (Å²) in [4.78, 5) is 28.8. The van der Waals surface area contributed by atoms with Gasteiger partial charge in [-0.25, -0.2) is 8.42 Å². The van der Waals surface area contributed by atoms with E-state index in [0.29, 0.717) is 38.4 Å². The number of hydrogen-bond acceptors (Lipinski definition) is 6. The van der Waals surface area contributed by atoms with Gasteiger partial charge in [0.1, 0.15) is 9.77 Å². The normalized spacial score (nSPS) is 15.2. The predicted octanol–water partition coefficient (Wildman–Crippen LogP) is 2.14. The Morgan fingerprint density at radius 1 is 1.06 bits per heavy atom. The van der Waals surface area contributed by atoms with Gasteiger partial charge in [-0.05, 0) is 44.4 Å². The van der Waals surface area contributed by atoms with E-state index < -0.39 is 10.0 Å². The van der Waals surface area contributed by atoms with Gasteiger partial charge in [0, 0.05) is 37.9 Å². The molecule has 168 valence electrons. The van der Waals surface area contributed by atoms with Crippen LogP contribution in [-0.4, -0.2) is 68.8 Å². The lowest BCUT2D eigenvalue weighted by Crippen LogP contribution is -2.51. The molecule has 8 nitrogen and oxygen atoms in total. The van der Waals surface area contributed by atoms with Crippen molar-refractivity contribution in [1.82, 2.24) is 15.1 Å². The monoisotopic (exact) mass is 464 g/mol. The second-order valence-corrected chi connectivity index (χ2v) is 10.4. The molecule has 1 saturated heterocycles. The minimum Gasteiger partial charge on any atom is -0.353 e. The summed E-state index contributed by atoms with van der Waals surface area (Å²) in [5.74, 6) is -0.339. The molecule has 2 aromatic rings. The Hall–Kier alpha value is -2.43. The molecular formula is C21H28N4O4S2. The van der Waals surface area contributed by atoms with Gasteiger partial charge < -0.3 is 10.2 Å². The number of rotatable bonds is 7. The molecule has 1 aliphatic heterocycles. The highest BCUT2D eigenvalue weighted by Crippen LogP contribution is 2.26. The Balaban J connectivity index is 1.64. The molecule has 0 aliphatic carbocycles. The summed E-state index contributed by atoms with van der Waals surface area (Å²) >= 11 is 1.12. The van der Waals surface area contributed by atoms with Gasteiger partial charge in [-0.1, -0.05) is 17.7 Å². The zero-order chi connectivity index (χ0) is 22.6. The first kappa shape index (κ1) is 23.2. The number of carbonyl (C=O) groups excluding carboxylic acids is 2. The van der Waals surface area contributed by atoms with Crippen LogP contribution in [0.25, 0.3) is 0 Å². The maximum atomic E-state index is 13.0. The minimum atomic E-state index is -3.89. The summed E-state index contributed by atoms with van der Waals surface area (Å²) in [6.45, 7) is 8.04. The van der Waals surface area contributed by atoms with E-state index in [1.165, 1.54) is 6.07 Å². The number of anilines is 1.